The van der Waals surface area contributed by atoms with E-state index in [1.807, 2.05) is 20.8 Å². The Morgan fingerprint density at radius 1 is 1.55 bits per heavy atom. The molecule has 1 fully saturated rings. The Morgan fingerprint density at radius 2 is 2.30 bits per heavy atom. The molecule has 1 amide bonds. The molecule has 2 aliphatic carbocycles. The summed E-state index contributed by atoms with van der Waals surface area (Å²) in [5.41, 5.74) is 6.70. The van der Waals surface area contributed by atoms with Gasteiger partial charge in [-0.3, -0.25) is 4.79 Å². The highest BCUT2D eigenvalue weighted by molar-refractivity contribution is 5.88. The molecule has 1 saturated carbocycles. The van der Waals surface area contributed by atoms with Crippen molar-refractivity contribution in [1.82, 2.24) is 5.32 Å². The topological polar surface area (TPSA) is 64.3 Å². The average molecular weight is 280 g/mol. The Balaban J connectivity index is 1.82. The van der Waals surface area contributed by atoms with Crippen LogP contribution in [-0.4, -0.2) is 30.7 Å². The molecule has 114 valence electrons. The predicted molar refractivity (Wildman–Crippen MR) is 80.3 cm³/mol. The van der Waals surface area contributed by atoms with Crippen LogP contribution in [0.5, 0.6) is 0 Å². The van der Waals surface area contributed by atoms with E-state index >= 15 is 0 Å². The number of allylic oxidation sites excluding steroid dienone is 1. The Hall–Kier alpha value is -0.870. The molecule has 0 heterocycles. The minimum Gasteiger partial charge on any atom is -0.378 e. The molecule has 2 rings (SSSR count). The number of carbonyl (C=O) groups excluding carboxylic acids is 1. The molecule has 0 aromatic carbocycles. The molecule has 0 aliphatic heterocycles. The normalized spacial score (nSPS) is 31.6. The molecule has 4 heteroatoms. The van der Waals surface area contributed by atoms with Gasteiger partial charge in [-0.05, 0) is 32.6 Å². The van der Waals surface area contributed by atoms with Gasteiger partial charge in [-0.2, -0.15) is 0 Å². The molecule has 0 radical (unpaired) electrons. The molecule has 0 spiro atoms. The summed E-state index contributed by atoms with van der Waals surface area (Å²) < 4.78 is 5.66. The third-order valence-corrected chi connectivity index (χ3v) is 5.10. The van der Waals surface area contributed by atoms with E-state index in [-0.39, 0.29) is 17.4 Å². The third-order valence-electron chi connectivity index (χ3n) is 5.10. The van der Waals surface area contributed by atoms with Crippen LogP contribution in [0.2, 0.25) is 0 Å². The van der Waals surface area contributed by atoms with E-state index in [1.54, 1.807) is 0 Å². The van der Waals surface area contributed by atoms with Crippen LogP contribution in [0.25, 0.3) is 0 Å². The van der Waals surface area contributed by atoms with Gasteiger partial charge in [0.15, 0.2) is 0 Å². The van der Waals surface area contributed by atoms with Crippen LogP contribution in [0.1, 0.15) is 52.9 Å². The lowest BCUT2D eigenvalue weighted by atomic mass is 9.54. The number of ether oxygens (including phenoxy) is 1. The van der Waals surface area contributed by atoms with E-state index < -0.39 is 5.54 Å². The number of hydrogen-bond acceptors (Lipinski definition) is 3. The summed E-state index contributed by atoms with van der Waals surface area (Å²) >= 11 is 0. The molecular weight excluding hydrogens is 252 g/mol. The van der Waals surface area contributed by atoms with Gasteiger partial charge in [-0.25, -0.2) is 0 Å². The zero-order valence-corrected chi connectivity index (χ0v) is 13.0. The van der Waals surface area contributed by atoms with Gasteiger partial charge in [-0.15, -0.1) is 0 Å². The van der Waals surface area contributed by atoms with Gasteiger partial charge < -0.3 is 15.8 Å². The molecule has 0 aromatic rings. The second-order valence-electron chi connectivity index (χ2n) is 6.60. The lowest BCUT2D eigenvalue weighted by Gasteiger charge is -2.57. The van der Waals surface area contributed by atoms with Crippen LogP contribution < -0.4 is 11.1 Å². The van der Waals surface area contributed by atoms with Gasteiger partial charge in [0.05, 0.1) is 6.10 Å². The number of rotatable bonds is 6. The number of carbonyl (C=O) groups is 1. The quantitative estimate of drug-likeness (QED) is 0.733. The molecular formula is C16H28N2O2. The minimum absolute atomic E-state index is 0.0305. The van der Waals surface area contributed by atoms with E-state index in [0.29, 0.717) is 19.6 Å². The highest BCUT2D eigenvalue weighted by Gasteiger charge is 2.62. The van der Waals surface area contributed by atoms with Crippen molar-refractivity contribution in [3.05, 3.63) is 11.6 Å². The maximum absolute atomic E-state index is 12.4. The summed E-state index contributed by atoms with van der Waals surface area (Å²) in [7, 11) is 0. The Bertz CT molecular complexity index is 403. The van der Waals surface area contributed by atoms with E-state index in [9.17, 15) is 4.79 Å². The largest absolute Gasteiger partial charge is 0.378 e. The zero-order valence-electron chi connectivity index (χ0n) is 13.0. The number of amides is 1. The van der Waals surface area contributed by atoms with Gasteiger partial charge in [0, 0.05) is 25.0 Å². The fourth-order valence-corrected chi connectivity index (χ4v) is 3.28. The van der Waals surface area contributed by atoms with Gasteiger partial charge in [0.1, 0.15) is 5.54 Å². The molecule has 20 heavy (non-hydrogen) atoms. The smallest absolute Gasteiger partial charge is 0.240 e. The zero-order chi connectivity index (χ0) is 14.8. The van der Waals surface area contributed by atoms with E-state index in [0.717, 1.165) is 6.42 Å². The van der Waals surface area contributed by atoms with Crippen molar-refractivity contribution in [1.29, 1.82) is 0 Å². The number of nitrogens with one attached hydrogen (secondary N) is 1. The minimum atomic E-state index is -0.795. The monoisotopic (exact) mass is 280 g/mol. The maximum Gasteiger partial charge on any atom is 0.240 e. The first-order valence-corrected chi connectivity index (χ1v) is 7.78. The fourth-order valence-electron chi connectivity index (χ4n) is 3.28. The Kier molecular flexibility index (Phi) is 4.55. The maximum atomic E-state index is 12.4. The van der Waals surface area contributed by atoms with Crippen LogP contribution in [0.4, 0.5) is 0 Å². The molecule has 0 aromatic heterocycles. The third kappa shape index (κ3) is 2.63. The van der Waals surface area contributed by atoms with E-state index in [4.69, 9.17) is 10.5 Å². The Labute approximate surface area is 122 Å². The van der Waals surface area contributed by atoms with Crippen molar-refractivity contribution in [2.45, 2.75) is 64.5 Å². The van der Waals surface area contributed by atoms with Crippen molar-refractivity contribution in [2.75, 3.05) is 13.2 Å². The van der Waals surface area contributed by atoms with Crippen LogP contribution in [0.3, 0.4) is 0 Å². The first kappa shape index (κ1) is 15.5. The van der Waals surface area contributed by atoms with Gasteiger partial charge >= 0.3 is 0 Å². The van der Waals surface area contributed by atoms with E-state index in [1.165, 1.54) is 24.8 Å². The second kappa shape index (κ2) is 5.86. The molecule has 3 N–H and O–H groups in total. The first-order chi connectivity index (χ1) is 9.41. The summed E-state index contributed by atoms with van der Waals surface area (Å²) in [5.74, 6) is -0.0305. The molecule has 0 bridgehead atoms. The van der Waals surface area contributed by atoms with Crippen LogP contribution >= 0.6 is 0 Å². The van der Waals surface area contributed by atoms with Crippen molar-refractivity contribution < 1.29 is 9.53 Å². The first-order valence-electron chi connectivity index (χ1n) is 7.78. The van der Waals surface area contributed by atoms with Crippen molar-refractivity contribution in [3.8, 4) is 0 Å². The summed E-state index contributed by atoms with van der Waals surface area (Å²) in [6.45, 7) is 7.38. The lowest BCUT2D eigenvalue weighted by molar-refractivity contribution is -0.170. The molecule has 0 saturated heterocycles. The van der Waals surface area contributed by atoms with Gasteiger partial charge in [0.2, 0.25) is 5.91 Å². The summed E-state index contributed by atoms with van der Waals surface area (Å²) in [6, 6.07) is 0. The lowest BCUT2D eigenvalue weighted by Crippen LogP contribution is -2.75. The van der Waals surface area contributed by atoms with Crippen molar-refractivity contribution in [3.63, 3.8) is 0 Å². The average Bonchev–Trinajstić information content (AvgIpc) is 2.91. The van der Waals surface area contributed by atoms with E-state index in [2.05, 4.69) is 11.4 Å². The standard InChI is InChI=1S/C16H28N2O2/c1-4-20-13-11-16(17,15(13,2)3)14(19)18-10-9-12-7-5-6-8-12/h7,13H,4-6,8-11,17H2,1-3H3,(H,18,19). The predicted octanol–water partition coefficient (Wildman–Crippen LogP) is 2.14. The number of nitrogens with two attached hydrogens (primary N) is 1. The Morgan fingerprint density at radius 3 is 2.85 bits per heavy atom. The van der Waals surface area contributed by atoms with Gasteiger partial charge in [-0.1, -0.05) is 25.5 Å². The highest BCUT2D eigenvalue weighted by Crippen LogP contribution is 2.49. The highest BCUT2D eigenvalue weighted by atomic mass is 16.5. The van der Waals surface area contributed by atoms with Crippen molar-refractivity contribution >= 4 is 5.91 Å². The van der Waals surface area contributed by atoms with Crippen molar-refractivity contribution in [2.24, 2.45) is 11.1 Å². The molecule has 2 aliphatic rings. The summed E-state index contributed by atoms with van der Waals surface area (Å²) in [6.07, 6.45) is 7.57. The molecule has 2 unspecified atom stereocenters. The summed E-state index contributed by atoms with van der Waals surface area (Å²) in [5, 5.41) is 3.01. The van der Waals surface area contributed by atoms with Crippen LogP contribution in [0, 0.1) is 5.41 Å². The molecule has 2 atom stereocenters. The van der Waals surface area contributed by atoms with Crippen LogP contribution in [0.15, 0.2) is 11.6 Å². The van der Waals surface area contributed by atoms with Crippen LogP contribution in [-0.2, 0) is 9.53 Å². The number of hydrogen-bond donors (Lipinski definition) is 2. The fraction of sp³-hybridized carbons (Fsp3) is 0.812. The SMILES string of the molecule is CCOC1CC(N)(C(=O)NCCC2=CCCC2)C1(C)C. The molecule has 4 nitrogen and oxygen atoms in total. The second-order valence-corrected chi connectivity index (χ2v) is 6.60. The van der Waals surface area contributed by atoms with Gasteiger partial charge in [0.25, 0.3) is 0 Å². The summed E-state index contributed by atoms with van der Waals surface area (Å²) in [4.78, 5) is 12.4.